The van der Waals surface area contributed by atoms with Gasteiger partial charge in [-0.25, -0.2) is 4.39 Å². The number of rotatable bonds is 5. The molecule has 2 aromatic carbocycles. The fraction of sp³-hybridized carbons (Fsp3) is 0.222. The van der Waals surface area contributed by atoms with Crippen LogP contribution in [0.5, 0.6) is 5.75 Å². The van der Waals surface area contributed by atoms with Crippen molar-refractivity contribution in [3.05, 3.63) is 65.5 Å². The molecule has 0 bridgehead atoms. The van der Waals surface area contributed by atoms with E-state index in [4.69, 9.17) is 4.74 Å². The standard InChI is InChI=1S/C18H19FN2O3/c1-21(2)18(23)16(12-7-5-4-6-8-12)20-17(22)13-9-10-14(19)15(11-13)24-3/h4-11,16H,1-3H3,(H,20,22). The quantitative estimate of drug-likeness (QED) is 0.916. The summed E-state index contributed by atoms with van der Waals surface area (Å²) in [6, 6.07) is 11.9. The summed E-state index contributed by atoms with van der Waals surface area (Å²) in [5.74, 6) is -1.34. The molecule has 0 aliphatic carbocycles. The second-order valence-electron chi connectivity index (χ2n) is 5.40. The Hall–Kier alpha value is -2.89. The van der Waals surface area contributed by atoms with E-state index in [9.17, 15) is 14.0 Å². The highest BCUT2D eigenvalue weighted by atomic mass is 19.1. The van der Waals surface area contributed by atoms with Crippen molar-refractivity contribution in [2.24, 2.45) is 0 Å². The second-order valence-corrected chi connectivity index (χ2v) is 5.40. The molecule has 5 nitrogen and oxygen atoms in total. The number of likely N-dealkylation sites (N-methyl/N-ethyl adjacent to an activating group) is 1. The molecule has 2 amide bonds. The number of benzene rings is 2. The average molecular weight is 330 g/mol. The summed E-state index contributed by atoms with van der Waals surface area (Å²) in [6.45, 7) is 0. The van der Waals surface area contributed by atoms with Crippen molar-refractivity contribution in [1.29, 1.82) is 0 Å². The van der Waals surface area contributed by atoms with Gasteiger partial charge in [0, 0.05) is 19.7 Å². The van der Waals surface area contributed by atoms with Crippen molar-refractivity contribution in [2.75, 3.05) is 21.2 Å². The van der Waals surface area contributed by atoms with Gasteiger partial charge in [-0.05, 0) is 23.8 Å². The summed E-state index contributed by atoms with van der Waals surface area (Å²) in [6.07, 6.45) is 0. The number of carbonyl (C=O) groups excluding carboxylic acids is 2. The highest BCUT2D eigenvalue weighted by Gasteiger charge is 2.25. The van der Waals surface area contributed by atoms with E-state index in [-0.39, 0.29) is 17.2 Å². The monoisotopic (exact) mass is 330 g/mol. The molecule has 0 aromatic heterocycles. The fourth-order valence-electron chi connectivity index (χ4n) is 2.21. The van der Waals surface area contributed by atoms with Crippen LogP contribution in [-0.2, 0) is 4.79 Å². The van der Waals surface area contributed by atoms with Gasteiger partial charge >= 0.3 is 0 Å². The molecule has 0 saturated carbocycles. The first-order valence-corrected chi connectivity index (χ1v) is 7.34. The zero-order valence-corrected chi connectivity index (χ0v) is 13.7. The molecule has 0 spiro atoms. The lowest BCUT2D eigenvalue weighted by molar-refractivity contribution is -0.130. The molecule has 1 atom stereocenters. The maximum absolute atomic E-state index is 13.5. The van der Waals surface area contributed by atoms with Gasteiger partial charge in [-0.1, -0.05) is 30.3 Å². The first-order chi connectivity index (χ1) is 11.4. The number of nitrogens with zero attached hydrogens (tertiary/aromatic N) is 1. The summed E-state index contributed by atoms with van der Waals surface area (Å²) in [7, 11) is 4.55. The van der Waals surface area contributed by atoms with Crippen molar-refractivity contribution in [1.82, 2.24) is 10.2 Å². The molecular weight excluding hydrogens is 311 g/mol. The molecule has 1 N–H and O–H groups in total. The minimum Gasteiger partial charge on any atom is -0.494 e. The van der Waals surface area contributed by atoms with Gasteiger partial charge in [0.2, 0.25) is 5.91 Å². The average Bonchev–Trinajstić information content (AvgIpc) is 2.59. The Bertz CT molecular complexity index is 732. The van der Waals surface area contributed by atoms with E-state index in [1.54, 1.807) is 38.4 Å². The van der Waals surface area contributed by atoms with E-state index in [1.165, 1.54) is 24.1 Å². The second kappa shape index (κ2) is 7.59. The summed E-state index contributed by atoms with van der Waals surface area (Å²) in [5, 5.41) is 2.69. The predicted octanol–water partition coefficient (Wildman–Crippen LogP) is 2.39. The Balaban J connectivity index is 2.29. The van der Waals surface area contributed by atoms with Crippen molar-refractivity contribution in [3.63, 3.8) is 0 Å². The SMILES string of the molecule is COc1cc(C(=O)NC(C(=O)N(C)C)c2ccccc2)ccc1F. The highest BCUT2D eigenvalue weighted by Crippen LogP contribution is 2.20. The maximum Gasteiger partial charge on any atom is 0.252 e. The Labute approximate surface area is 140 Å². The molecule has 2 rings (SSSR count). The Morgan fingerprint density at radius 1 is 1.12 bits per heavy atom. The largest absolute Gasteiger partial charge is 0.494 e. The molecule has 24 heavy (non-hydrogen) atoms. The van der Waals surface area contributed by atoms with Crippen molar-refractivity contribution in [2.45, 2.75) is 6.04 Å². The van der Waals surface area contributed by atoms with E-state index in [1.807, 2.05) is 6.07 Å². The summed E-state index contributed by atoms with van der Waals surface area (Å²) >= 11 is 0. The van der Waals surface area contributed by atoms with E-state index >= 15 is 0 Å². The van der Waals surface area contributed by atoms with Crippen LogP contribution in [-0.4, -0.2) is 37.9 Å². The van der Waals surface area contributed by atoms with Gasteiger partial charge in [0.25, 0.3) is 5.91 Å². The van der Waals surface area contributed by atoms with Crippen molar-refractivity contribution in [3.8, 4) is 5.75 Å². The van der Waals surface area contributed by atoms with Gasteiger partial charge in [-0.3, -0.25) is 9.59 Å². The number of carbonyl (C=O) groups is 2. The minimum absolute atomic E-state index is 0.0298. The van der Waals surface area contributed by atoms with Crippen LogP contribution in [0.2, 0.25) is 0 Å². The molecule has 126 valence electrons. The van der Waals surface area contributed by atoms with Gasteiger partial charge in [0.15, 0.2) is 11.6 Å². The zero-order chi connectivity index (χ0) is 17.7. The number of nitrogens with one attached hydrogen (secondary N) is 1. The third-order valence-corrected chi connectivity index (χ3v) is 3.51. The van der Waals surface area contributed by atoms with Gasteiger partial charge in [-0.2, -0.15) is 0 Å². The number of hydrogen-bond acceptors (Lipinski definition) is 3. The highest BCUT2D eigenvalue weighted by molar-refractivity contribution is 5.98. The van der Waals surface area contributed by atoms with Gasteiger partial charge in [-0.15, -0.1) is 0 Å². The summed E-state index contributed by atoms with van der Waals surface area (Å²) < 4.78 is 18.4. The van der Waals surface area contributed by atoms with Crippen LogP contribution in [0.1, 0.15) is 22.0 Å². The lowest BCUT2D eigenvalue weighted by atomic mass is 10.0. The van der Waals surface area contributed by atoms with Crippen molar-refractivity contribution >= 4 is 11.8 Å². The number of ether oxygens (including phenoxy) is 1. The van der Waals surface area contributed by atoms with Crippen molar-refractivity contribution < 1.29 is 18.7 Å². The lowest BCUT2D eigenvalue weighted by Gasteiger charge is -2.22. The number of methoxy groups -OCH3 is 1. The van der Waals surface area contributed by atoms with Gasteiger partial charge < -0.3 is 15.0 Å². The normalized spacial score (nSPS) is 11.5. The first kappa shape index (κ1) is 17.5. The molecule has 0 saturated heterocycles. The zero-order valence-electron chi connectivity index (χ0n) is 13.7. The van der Waals surface area contributed by atoms with Crippen LogP contribution in [0.25, 0.3) is 0 Å². The fourth-order valence-corrected chi connectivity index (χ4v) is 2.21. The molecule has 1 unspecified atom stereocenters. The van der Waals surface area contributed by atoms with E-state index in [0.717, 1.165) is 6.07 Å². The van der Waals surface area contributed by atoms with E-state index < -0.39 is 17.8 Å². The van der Waals surface area contributed by atoms with E-state index in [0.29, 0.717) is 5.56 Å². The van der Waals surface area contributed by atoms with Crippen LogP contribution in [0, 0.1) is 5.82 Å². The number of amides is 2. The van der Waals surface area contributed by atoms with Crippen LogP contribution < -0.4 is 10.1 Å². The lowest BCUT2D eigenvalue weighted by Crippen LogP contribution is -2.39. The predicted molar refractivity (Wildman–Crippen MR) is 88.3 cm³/mol. The third kappa shape index (κ3) is 3.90. The minimum atomic E-state index is -0.829. The Kier molecular flexibility index (Phi) is 5.52. The summed E-state index contributed by atoms with van der Waals surface area (Å²) in [4.78, 5) is 26.3. The molecule has 0 radical (unpaired) electrons. The molecule has 0 heterocycles. The van der Waals surface area contributed by atoms with Gasteiger partial charge in [0.1, 0.15) is 6.04 Å². The van der Waals surface area contributed by atoms with Crippen LogP contribution >= 0.6 is 0 Å². The van der Waals surface area contributed by atoms with Crippen LogP contribution in [0.3, 0.4) is 0 Å². The summed E-state index contributed by atoms with van der Waals surface area (Å²) in [5.41, 5.74) is 0.874. The van der Waals surface area contributed by atoms with Crippen LogP contribution in [0.4, 0.5) is 4.39 Å². The molecule has 0 aliphatic heterocycles. The Morgan fingerprint density at radius 2 is 1.79 bits per heavy atom. The van der Waals surface area contributed by atoms with Crippen LogP contribution in [0.15, 0.2) is 48.5 Å². The first-order valence-electron chi connectivity index (χ1n) is 7.34. The molecule has 2 aromatic rings. The maximum atomic E-state index is 13.5. The third-order valence-electron chi connectivity index (χ3n) is 3.51. The van der Waals surface area contributed by atoms with E-state index in [2.05, 4.69) is 5.32 Å². The molecular formula is C18H19FN2O3. The molecule has 0 fully saturated rings. The number of halogens is 1. The van der Waals surface area contributed by atoms with Gasteiger partial charge in [0.05, 0.1) is 7.11 Å². The molecule has 6 heteroatoms. The topological polar surface area (TPSA) is 58.6 Å². The Morgan fingerprint density at radius 3 is 2.38 bits per heavy atom. The molecule has 0 aliphatic rings. The smallest absolute Gasteiger partial charge is 0.252 e. The number of hydrogen-bond donors (Lipinski definition) is 1.